The van der Waals surface area contributed by atoms with Gasteiger partial charge in [0.25, 0.3) is 0 Å². The summed E-state index contributed by atoms with van der Waals surface area (Å²) in [5.41, 5.74) is -0.0532. The molecule has 0 aliphatic rings. The maximum Gasteiger partial charge on any atom is 0.554 e. The Morgan fingerprint density at radius 2 is 1.77 bits per heavy atom. The average Bonchev–Trinajstić information content (AvgIpc) is 2.04. The molecule has 0 atom stereocenters. The van der Waals surface area contributed by atoms with E-state index in [9.17, 15) is 4.39 Å². The molecule has 3 N–H and O–H groups in total. The Bertz CT molecular complexity index is 270. The van der Waals surface area contributed by atoms with Crippen LogP contribution in [0.2, 0.25) is 0 Å². The van der Waals surface area contributed by atoms with Gasteiger partial charge in [-0.2, -0.15) is 0 Å². The van der Waals surface area contributed by atoms with E-state index in [4.69, 9.17) is 15.6 Å². The van der Waals surface area contributed by atoms with Crippen LogP contribution in [0.25, 0.3) is 0 Å². The van der Waals surface area contributed by atoms with Gasteiger partial charge in [0.2, 0.25) is 0 Å². The van der Waals surface area contributed by atoms with E-state index < -0.39 is 12.9 Å². The van der Waals surface area contributed by atoms with Crippen LogP contribution >= 0.6 is 0 Å². The largest absolute Gasteiger partial charge is 0.554 e. The highest BCUT2D eigenvalue weighted by Crippen LogP contribution is 2.08. The first-order valence-corrected chi connectivity index (χ1v) is 3.27. The van der Waals surface area contributed by atoms with Crippen LogP contribution in [0.4, 0.5) is 4.39 Å². The number of hydrogen-bond acceptors (Lipinski definition) is 5. The first kappa shape index (κ1) is 9.94. The van der Waals surface area contributed by atoms with Crippen molar-refractivity contribution in [3.8, 4) is 5.75 Å². The second kappa shape index (κ2) is 4.19. The molecule has 13 heavy (non-hydrogen) atoms. The summed E-state index contributed by atoms with van der Waals surface area (Å²) < 4.78 is 12.6. The van der Waals surface area contributed by atoms with Crippen molar-refractivity contribution in [2.45, 2.75) is 0 Å². The predicted molar refractivity (Wildman–Crippen MR) is 40.9 cm³/mol. The fourth-order valence-electron chi connectivity index (χ4n) is 0.873. The molecule has 0 spiro atoms. The minimum Gasteiger partial charge on any atom is -0.508 e. The van der Waals surface area contributed by atoms with E-state index >= 15 is 0 Å². The SMILES string of the molecule is OOB(OO)c1cc(O)cc(F)c1. The molecule has 0 saturated carbocycles. The third-order valence-electron chi connectivity index (χ3n) is 1.37. The third-order valence-corrected chi connectivity index (χ3v) is 1.37. The van der Waals surface area contributed by atoms with Crippen molar-refractivity contribution in [2.24, 2.45) is 0 Å². The van der Waals surface area contributed by atoms with E-state index in [1.165, 1.54) is 0 Å². The van der Waals surface area contributed by atoms with Gasteiger partial charge in [0, 0.05) is 6.07 Å². The van der Waals surface area contributed by atoms with Gasteiger partial charge in [-0.25, -0.2) is 4.39 Å². The molecule has 0 fully saturated rings. The first-order chi connectivity index (χ1) is 6.17. The highest BCUT2D eigenvalue weighted by Gasteiger charge is 2.23. The minimum atomic E-state index is -1.54. The van der Waals surface area contributed by atoms with E-state index in [0.29, 0.717) is 0 Å². The Morgan fingerprint density at radius 1 is 1.15 bits per heavy atom. The van der Waals surface area contributed by atoms with Gasteiger partial charge in [0.1, 0.15) is 11.6 Å². The second-order valence-electron chi connectivity index (χ2n) is 2.29. The lowest BCUT2D eigenvalue weighted by atomic mass is 9.80. The van der Waals surface area contributed by atoms with Crippen molar-refractivity contribution in [3.05, 3.63) is 24.0 Å². The third kappa shape index (κ3) is 2.39. The summed E-state index contributed by atoms with van der Waals surface area (Å²) in [6.07, 6.45) is 0. The fraction of sp³-hybridized carbons (Fsp3) is 0. The van der Waals surface area contributed by atoms with Gasteiger partial charge < -0.3 is 5.11 Å². The van der Waals surface area contributed by atoms with E-state index in [1.54, 1.807) is 0 Å². The number of aromatic hydroxyl groups is 1. The minimum absolute atomic E-state index is 0.0532. The van der Waals surface area contributed by atoms with Crippen molar-refractivity contribution in [1.82, 2.24) is 0 Å². The van der Waals surface area contributed by atoms with Crippen molar-refractivity contribution < 1.29 is 29.6 Å². The number of hydrogen-bond donors (Lipinski definition) is 3. The molecule has 1 aromatic carbocycles. The lowest BCUT2D eigenvalue weighted by molar-refractivity contribution is -0.221. The second-order valence-corrected chi connectivity index (χ2v) is 2.29. The van der Waals surface area contributed by atoms with Gasteiger partial charge in [0.15, 0.2) is 0 Å². The maximum atomic E-state index is 12.6. The summed E-state index contributed by atoms with van der Waals surface area (Å²) >= 11 is 0. The van der Waals surface area contributed by atoms with Crippen molar-refractivity contribution in [2.75, 3.05) is 0 Å². The van der Waals surface area contributed by atoms with Gasteiger partial charge in [0.05, 0.1) is 0 Å². The van der Waals surface area contributed by atoms with Gasteiger partial charge in [-0.15, -0.1) is 0 Å². The van der Waals surface area contributed by atoms with Crippen LogP contribution in [-0.4, -0.2) is 22.7 Å². The summed E-state index contributed by atoms with van der Waals surface area (Å²) in [6.45, 7) is 0. The zero-order valence-corrected chi connectivity index (χ0v) is 6.35. The smallest absolute Gasteiger partial charge is 0.508 e. The molecule has 0 amide bonds. The molecule has 0 saturated heterocycles. The Kier molecular flexibility index (Phi) is 3.21. The van der Waals surface area contributed by atoms with Crippen LogP contribution in [0, 0.1) is 5.82 Å². The number of rotatable bonds is 3. The average molecular weight is 188 g/mol. The number of benzene rings is 1. The van der Waals surface area contributed by atoms with Crippen LogP contribution in [0.15, 0.2) is 18.2 Å². The molecule has 0 heterocycles. The Balaban J connectivity index is 2.99. The van der Waals surface area contributed by atoms with Crippen molar-refractivity contribution >= 4 is 12.6 Å². The maximum absolute atomic E-state index is 12.6. The quantitative estimate of drug-likeness (QED) is 0.358. The van der Waals surface area contributed by atoms with E-state index in [-0.39, 0.29) is 11.2 Å². The van der Waals surface area contributed by atoms with Crippen LogP contribution in [-0.2, 0) is 9.61 Å². The molecular weight excluding hydrogens is 182 g/mol. The number of halogens is 1. The predicted octanol–water partition coefficient (Wildman–Crippen LogP) is 0.206. The molecule has 0 aromatic heterocycles. The summed E-state index contributed by atoms with van der Waals surface area (Å²) in [5.74, 6) is -1.11. The van der Waals surface area contributed by atoms with Crippen LogP contribution in [0.1, 0.15) is 0 Å². The lowest BCUT2D eigenvalue weighted by Crippen LogP contribution is -2.35. The van der Waals surface area contributed by atoms with Gasteiger partial charge in [-0.05, 0) is 17.6 Å². The standard InChI is InChI=1S/C6H6BFO5/c8-5-1-4(2-6(9)3-5)7(12-10)13-11/h1-3,9-11H. The fourth-order valence-corrected chi connectivity index (χ4v) is 0.873. The normalized spacial score (nSPS) is 10.1. The topological polar surface area (TPSA) is 79.2 Å². The Morgan fingerprint density at radius 3 is 2.23 bits per heavy atom. The van der Waals surface area contributed by atoms with Crippen LogP contribution in [0.3, 0.4) is 0 Å². The molecule has 70 valence electrons. The highest BCUT2D eigenvalue weighted by molar-refractivity contribution is 6.60. The van der Waals surface area contributed by atoms with Crippen molar-refractivity contribution in [1.29, 1.82) is 0 Å². The Labute approximate surface area is 73.0 Å². The van der Waals surface area contributed by atoms with Crippen LogP contribution in [0.5, 0.6) is 5.75 Å². The molecule has 1 aromatic rings. The molecule has 7 heteroatoms. The van der Waals surface area contributed by atoms with Gasteiger partial charge in [-0.1, -0.05) is 0 Å². The first-order valence-electron chi connectivity index (χ1n) is 3.27. The van der Waals surface area contributed by atoms with E-state index in [0.717, 1.165) is 18.2 Å². The van der Waals surface area contributed by atoms with E-state index in [1.807, 2.05) is 0 Å². The molecule has 0 aliphatic heterocycles. The Hall–Kier alpha value is -1.15. The molecule has 0 radical (unpaired) electrons. The van der Waals surface area contributed by atoms with Gasteiger partial charge >= 0.3 is 7.12 Å². The zero-order valence-electron chi connectivity index (χ0n) is 6.35. The molecule has 0 aliphatic carbocycles. The highest BCUT2D eigenvalue weighted by atomic mass is 19.1. The molecular formula is C6H6BFO5. The zero-order chi connectivity index (χ0) is 9.84. The molecule has 0 bridgehead atoms. The number of phenolic OH excluding ortho intramolecular Hbond substituents is 1. The number of phenols is 1. The summed E-state index contributed by atoms with van der Waals surface area (Å²) in [7, 11) is -1.54. The summed E-state index contributed by atoms with van der Waals surface area (Å²) in [6, 6.07) is 2.85. The van der Waals surface area contributed by atoms with Crippen LogP contribution < -0.4 is 5.46 Å². The molecule has 5 nitrogen and oxygen atoms in total. The summed E-state index contributed by atoms with van der Waals surface area (Å²) in [4.78, 5) is 7.29. The van der Waals surface area contributed by atoms with E-state index in [2.05, 4.69) is 9.61 Å². The van der Waals surface area contributed by atoms with Crippen molar-refractivity contribution in [3.63, 3.8) is 0 Å². The molecule has 0 unspecified atom stereocenters. The van der Waals surface area contributed by atoms with Gasteiger partial charge in [-0.3, -0.25) is 20.1 Å². The monoisotopic (exact) mass is 188 g/mol. The summed E-state index contributed by atoms with van der Waals surface area (Å²) in [5, 5.41) is 25.3. The lowest BCUT2D eigenvalue weighted by Gasteiger charge is -2.05. The molecule has 1 rings (SSSR count).